The highest BCUT2D eigenvalue weighted by molar-refractivity contribution is 9.10. The van der Waals surface area contributed by atoms with Crippen molar-refractivity contribution in [2.45, 2.75) is 0 Å². The minimum Gasteiger partial charge on any atom is -0.493 e. The van der Waals surface area contributed by atoms with E-state index in [9.17, 15) is 4.79 Å². The lowest BCUT2D eigenvalue weighted by molar-refractivity contribution is -0.121. The van der Waals surface area contributed by atoms with E-state index in [0.29, 0.717) is 22.3 Å². The largest absolute Gasteiger partial charge is 0.493 e. The molecule has 1 aliphatic heterocycles. The summed E-state index contributed by atoms with van der Waals surface area (Å²) >= 11 is 8.66. The van der Waals surface area contributed by atoms with E-state index in [0.717, 1.165) is 10.0 Å². The number of hydrogen-bond donors (Lipinski definition) is 0. The molecule has 0 unspecified atom stereocenters. The molecule has 7 heteroatoms. The molecule has 1 aliphatic rings. The molecule has 0 spiro atoms. The first-order chi connectivity index (χ1) is 9.90. The number of hydrogen-bond acceptors (Lipinski definition) is 4. The van der Waals surface area contributed by atoms with Gasteiger partial charge in [-0.3, -0.25) is 9.69 Å². The zero-order valence-corrected chi connectivity index (χ0v) is 14.5. The fourth-order valence-corrected chi connectivity index (χ4v) is 2.63. The molecule has 1 heterocycles. The Balaban J connectivity index is 2.50. The summed E-state index contributed by atoms with van der Waals surface area (Å²) in [4.78, 5) is 15.3. The maximum absolute atomic E-state index is 12.2. The Bertz CT molecular complexity index is 645. The Morgan fingerprint density at radius 1 is 1.14 bits per heavy atom. The van der Waals surface area contributed by atoms with Crippen LogP contribution < -0.4 is 9.47 Å². The summed E-state index contributed by atoms with van der Waals surface area (Å²) in [6, 6.07) is 3.60. The van der Waals surface area contributed by atoms with Crippen LogP contribution in [0.3, 0.4) is 0 Å². The van der Waals surface area contributed by atoms with Crippen molar-refractivity contribution in [2.75, 3.05) is 28.3 Å². The number of thiocarbonyl (C=S) groups is 1. The van der Waals surface area contributed by atoms with Crippen LogP contribution in [0.4, 0.5) is 0 Å². The molecule has 21 heavy (non-hydrogen) atoms. The summed E-state index contributed by atoms with van der Waals surface area (Å²) in [5.41, 5.74) is 1.32. The van der Waals surface area contributed by atoms with E-state index in [1.54, 1.807) is 51.4 Å². The van der Waals surface area contributed by atoms with Crippen molar-refractivity contribution >= 4 is 45.2 Å². The number of methoxy groups -OCH3 is 2. The van der Waals surface area contributed by atoms with E-state index in [4.69, 9.17) is 21.7 Å². The molecule has 0 atom stereocenters. The molecule has 2 rings (SSSR count). The van der Waals surface area contributed by atoms with Gasteiger partial charge < -0.3 is 14.4 Å². The maximum Gasteiger partial charge on any atom is 0.276 e. The Labute approximate surface area is 137 Å². The van der Waals surface area contributed by atoms with Gasteiger partial charge in [0, 0.05) is 18.6 Å². The van der Waals surface area contributed by atoms with Gasteiger partial charge in [-0.15, -0.1) is 0 Å². The summed E-state index contributed by atoms with van der Waals surface area (Å²) < 4.78 is 11.3. The van der Waals surface area contributed by atoms with Crippen LogP contribution in [0.1, 0.15) is 5.56 Å². The molecule has 0 saturated carbocycles. The van der Waals surface area contributed by atoms with Crippen LogP contribution in [-0.4, -0.2) is 49.1 Å². The summed E-state index contributed by atoms with van der Waals surface area (Å²) in [7, 11) is 6.57. The average Bonchev–Trinajstić information content (AvgIpc) is 2.66. The van der Waals surface area contributed by atoms with Crippen molar-refractivity contribution in [3.63, 3.8) is 0 Å². The van der Waals surface area contributed by atoms with Crippen molar-refractivity contribution in [3.05, 3.63) is 27.9 Å². The highest BCUT2D eigenvalue weighted by Gasteiger charge is 2.32. The van der Waals surface area contributed by atoms with Crippen molar-refractivity contribution in [2.24, 2.45) is 0 Å². The number of ether oxygens (including phenoxy) is 2. The zero-order valence-electron chi connectivity index (χ0n) is 12.1. The van der Waals surface area contributed by atoms with Crippen LogP contribution in [0.5, 0.6) is 11.5 Å². The highest BCUT2D eigenvalue weighted by atomic mass is 79.9. The van der Waals surface area contributed by atoms with Gasteiger partial charge in [-0.2, -0.15) is 0 Å². The third-order valence-corrected chi connectivity index (χ3v) is 4.49. The number of carbonyl (C=O) groups is 1. The number of nitrogens with zero attached hydrogens (tertiary/aromatic N) is 2. The number of amides is 1. The third-order valence-electron chi connectivity index (χ3n) is 3.25. The van der Waals surface area contributed by atoms with E-state index < -0.39 is 0 Å². The van der Waals surface area contributed by atoms with E-state index in [-0.39, 0.29) is 5.91 Å². The molecular formula is C14H15BrN2O3S. The lowest BCUT2D eigenvalue weighted by atomic mass is 10.1. The van der Waals surface area contributed by atoms with Crippen LogP contribution in [0.15, 0.2) is 22.3 Å². The van der Waals surface area contributed by atoms with Crippen LogP contribution >= 0.6 is 28.1 Å². The first-order valence-electron chi connectivity index (χ1n) is 6.09. The monoisotopic (exact) mass is 370 g/mol. The van der Waals surface area contributed by atoms with Gasteiger partial charge in [-0.25, -0.2) is 0 Å². The summed E-state index contributed by atoms with van der Waals surface area (Å²) in [6.07, 6.45) is 1.77. The quantitative estimate of drug-likeness (QED) is 0.603. The highest BCUT2D eigenvalue weighted by Crippen LogP contribution is 2.35. The van der Waals surface area contributed by atoms with Crippen molar-refractivity contribution in [3.8, 4) is 11.5 Å². The molecule has 1 amide bonds. The molecule has 0 aliphatic carbocycles. The predicted octanol–water partition coefficient (Wildman–Crippen LogP) is 2.50. The lowest BCUT2D eigenvalue weighted by Gasteiger charge is -2.12. The topological polar surface area (TPSA) is 42.0 Å². The van der Waals surface area contributed by atoms with E-state index in [2.05, 4.69) is 15.9 Å². The first kappa shape index (κ1) is 15.8. The van der Waals surface area contributed by atoms with Gasteiger partial charge in [-0.05, 0) is 36.0 Å². The Morgan fingerprint density at radius 2 is 1.71 bits per heavy atom. The summed E-state index contributed by atoms with van der Waals surface area (Å²) in [5.74, 6) is 1.08. The molecule has 0 bridgehead atoms. The standard InChI is InChI=1S/C14H15BrN2O3S/c1-16-10(13(18)17(2)14(16)21)5-8-6-11(19-3)12(20-4)7-9(8)15/h5-7H,1-4H3. The minimum atomic E-state index is -0.135. The second-order valence-corrected chi connectivity index (χ2v) is 5.68. The van der Waals surface area contributed by atoms with Gasteiger partial charge in [0.2, 0.25) is 0 Å². The Morgan fingerprint density at radius 3 is 2.19 bits per heavy atom. The molecule has 1 aromatic carbocycles. The van der Waals surface area contributed by atoms with Crippen molar-refractivity contribution in [1.29, 1.82) is 0 Å². The SMILES string of the molecule is COc1cc(Br)c(C=C2C(=O)N(C)C(=S)N2C)cc1OC. The molecule has 1 aromatic rings. The van der Waals surface area contributed by atoms with Gasteiger partial charge in [-0.1, -0.05) is 15.9 Å². The number of rotatable bonds is 3. The van der Waals surface area contributed by atoms with Crippen LogP contribution in [0.25, 0.3) is 6.08 Å². The van der Waals surface area contributed by atoms with Crippen molar-refractivity contribution in [1.82, 2.24) is 9.80 Å². The van der Waals surface area contributed by atoms with Gasteiger partial charge in [0.1, 0.15) is 5.70 Å². The predicted molar refractivity (Wildman–Crippen MR) is 88.4 cm³/mol. The average molecular weight is 371 g/mol. The van der Waals surface area contributed by atoms with Crippen LogP contribution in [0, 0.1) is 0 Å². The molecule has 0 radical (unpaired) electrons. The Hall–Kier alpha value is -1.60. The normalized spacial score (nSPS) is 16.9. The molecule has 0 N–H and O–H groups in total. The maximum atomic E-state index is 12.2. The Kier molecular flexibility index (Phi) is 4.53. The lowest BCUT2D eigenvalue weighted by Crippen LogP contribution is -2.26. The van der Waals surface area contributed by atoms with Crippen molar-refractivity contribution < 1.29 is 14.3 Å². The van der Waals surface area contributed by atoms with Crippen LogP contribution in [0.2, 0.25) is 0 Å². The fraction of sp³-hybridized carbons (Fsp3) is 0.286. The van der Waals surface area contributed by atoms with Gasteiger partial charge >= 0.3 is 0 Å². The summed E-state index contributed by atoms with van der Waals surface area (Å²) in [5, 5.41) is 0.475. The smallest absolute Gasteiger partial charge is 0.276 e. The molecule has 1 fully saturated rings. The van der Waals surface area contributed by atoms with Gasteiger partial charge in [0.25, 0.3) is 5.91 Å². The number of benzene rings is 1. The summed E-state index contributed by atoms with van der Waals surface area (Å²) in [6.45, 7) is 0. The second-order valence-electron chi connectivity index (χ2n) is 4.46. The number of likely N-dealkylation sites (N-methyl/N-ethyl adjacent to an activating group) is 2. The fourth-order valence-electron chi connectivity index (χ4n) is 2.02. The number of halogens is 1. The minimum absolute atomic E-state index is 0.135. The molecular weight excluding hydrogens is 356 g/mol. The second kappa shape index (κ2) is 6.03. The van der Waals surface area contributed by atoms with Gasteiger partial charge in [0.15, 0.2) is 16.6 Å². The van der Waals surface area contributed by atoms with E-state index >= 15 is 0 Å². The molecule has 0 aromatic heterocycles. The third kappa shape index (κ3) is 2.75. The molecule has 112 valence electrons. The first-order valence-corrected chi connectivity index (χ1v) is 7.29. The molecule has 1 saturated heterocycles. The zero-order chi connectivity index (χ0) is 15.7. The van der Waals surface area contributed by atoms with Gasteiger partial charge in [0.05, 0.1) is 14.2 Å². The molecule has 5 nitrogen and oxygen atoms in total. The van der Waals surface area contributed by atoms with E-state index in [1.165, 1.54) is 4.90 Å². The number of carbonyl (C=O) groups excluding carboxylic acids is 1. The van der Waals surface area contributed by atoms with E-state index in [1.807, 2.05) is 0 Å². The van der Waals surface area contributed by atoms with Crippen LogP contribution in [-0.2, 0) is 4.79 Å².